The minimum absolute atomic E-state index is 0.395. The van der Waals surface area contributed by atoms with Crippen LogP contribution in [0.5, 0.6) is 5.75 Å². The molecule has 114 valence electrons. The highest BCUT2D eigenvalue weighted by Crippen LogP contribution is 2.36. The normalized spacial score (nSPS) is 10.9. The van der Waals surface area contributed by atoms with Gasteiger partial charge in [-0.2, -0.15) is 0 Å². The minimum atomic E-state index is 0.395. The van der Waals surface area contributed by atoms with Gasteiger partial charge >= 0.3 is 0 Å². The molecule has 3 nitrogen and oxygen atoms in total. The Morgan fingerprint density at radius 1 is 1.10 bits per heavy atom. The standard InChI is InChI=1S/C15H16Br3NO2/c1-2-5-19-8-11-3-4-12(21-11)9-20-15-13(17)6-10(16)7-14(15)18/h3-4,6-7,19H,2,5,8-9H2,1H3. The molecule has 0 aliphatic carbocycles. The topological polar surface area (TPSA) is 34.4 Å². The fourth-order valence-corrected chi connectivity index (χ4v) is 4.28. The third-order valence-corrected chi connectivity index (χ3v) is 4.40. The van der Waals surface area contributed by atoms with Crippen molar-refractivity contribution in [2.75, 3.05) is 6.54 Å². The Morgan fingerprint density at radius 2 is 1.76 bits per heavy atom. The Morgan fingerprint density at radius 3 is 2.43 bits per heavy atom. The van der Waals surface area contributed by atoms with Gasteiger partial charge in [-0.15, -0.1) is 0 Å². The summed E-state index contributed by atoms with van der Waals surface area (Å²) in [5, 5.41) is 3.31. The Labute approximate surface area is 149 Å². The average Bonchev–Trinajstić information content (AvgIpc) is 2.86. The highest BCUT2D eigenvalue weighted by molar-refractivity contribution is 9.11. The van der Waals surface area contributed by atoms with Crippen molar-refractivity contribution in [1.82, 2.24) is 5.32 Å². The van der Waals surface area contributed by atoms with Crippen molar-refractivity contribution >= 4 is 47.8 Å². The molecule has 6 heteroatoms. The first kappa shape index (κ1) is 17.1. The molecule has 0 aliphatic heterocycles. The zero-order chi connectivity index (χ0) is 15.2. The lowest BCUT2D eigenvalue weighted by molar-refractivity contribution is 0.262. The van der Waals surface area contributed by atoms with E-state index in [1.807, 2.05) is 24.3 Å². The summed E-state index contributed by atoms with van der Waals surface area (Å²) in [6.07, 6.45) is 1.11. The largest absolute Gasteiger partial charge is 0.483 e. The minimum Gasteiger partial charge on any atom is -0.483 e. The summed E-state index contributed by atoms with van der Waals surface area (Å²) in [5.41, 5.74) is 0. The lowest BCUT2D eigenvalue weighted by atomic mass is 10.3. The smallest absolute Gasteiger partial charge is 0.148 e. The third-order valence-electron chi connectivity index (χ3n) is 2.77. The van der Waals surface area contributed by atoms with Gasteiger partial charge in [-0.05, 0) is 69.1 Å². The van der Waals surface area contributed by atoms with Crippen LogP contribution in [0.25, 0.3) is 0 Å². The van der Waals surface area contributed by atoms with Gasteiger partial charge in [0.15, 0.2) is 0 Å². The summed E-state index contributed by atoms with van der Waals surface area (Å²) in [5.74, 6) is 2.50. The van der Waals surface area contributed by atoms with E-state index in [1.165, 1.54) is 0 Å². The molecule has 21 heavy (non-hydrogen) atoms. The fraction of sp³-hybridized carbons (Fsp3) is 0.333. The molecule has 0 aliphatic rings. The molecule has 1 aromatic heterocycles. The molecular weight excluding hydrogens is 466 g/mol. The first-order valence-corrected chi connectivity index (χ1v) is 9.03. The summed E-state index contributed by atoms with van der Waals surface area (Å²) in [7, 11) is 0. The molecule has 0 unspecified atom stereocenters. The summed E-state index contributed by atoms with van der Waals surface area (Å²) in [6.45, 7) is 4.28. The molecule has 1 N–H and O–H groups in total. The van der Waals surface area contributed by atoms with Gasteiger partial charge in [0.25, 0.3) is 0 Å². The van der Waals surface area contributed by atoms with Crippen LogP contribution in [0, 0.1) is 0 Å². The van der Waals surface area contributed by atoms with Crippen molar-refractivity contribution in [3.63, 3.8) is 0 Å². The van der Waals surface area contributed by atoms with Crippen LogP contribution < -0.4 is 10.1 Å². The maximum Gasteiger partial charge on any atom is 0.148 e. The van der Waals surface area contributed by atoms with E-state index < -0.39 is 0 Å². The molecule has 0 fully saturated rings. The molecule has 2 rings (SSSR count). The number of nitrogens with one attached hydrogen (secondary N) is 1. The summed E-state index contributed by atoms with van der Waals surface area (Å²) in [4.78, 5) is 0. The van der Waals surface area contributed by atoms with Gasteiger partial charge in [0.05, 0.1) is 15.5 Å². The summed E-state index contributed by atoms with van der Waals surface area (Å²) < 4.78 is 14.3. The van der Waals surface area contributed by atoms with Crippen LogP contribution in [-0.4, -0.2) is 6.54 Å². The zero-order valence-electron chi connectivity index (χ0n) is 11.6. The zero-order valence-corrected chi connectivity index (χ0v) is 16.3. The SMILES string of the molecule is CCCNCc1ccc(COc2c(Br)cc(Br)cc2Br)o1. The van der Waals surface area contributed by atoms with Gasteiger partial charge < -0.3 is 14.5 Å². The van der Waals surface area contributed by atoms with Crippen molar-refractivity contribution in [1.29, 1.82) is 0 Å². The maximum absolute atomic E-state index is 5.82. The number of halogens is 3. The fourth-order valence-electron chi connectivity index (χ4n) is 1.79. The lowest BCUT2D eigenvalue weighted by Gasteiger charge is -2.09. The van der Waals surface area contributed by atoms with Crippen molar-refractivity contribution < 1.29 is 9.15 Å². The second-order valence-corrected chi connectivity index (χ2v) is 7.16. The van der Waals surface area contributed by atoms with Gasteiger partial charge in [-0.1, -0.05) is 22.9 Å². The average molecular weight is 482 g/mol. The van der Waals surface area contributed by atoms with E-state index in [0.717, 1.165) is 50.2 Å². The van der Waals surface area contributed by atoms with Crippen LogP contribution in [0.4, 0.5) is 0 Å². The number of ether oxygens (including phenoxy) is 1. The predicted octanol–water partition coefficient (Wildman–Crippen LogP) is 5.65. The monoisotopic (exact) mass is 479 g/mol. The van der Waals surface area contributed by atoms with Crippen LogP contribution in [-0.2, 0) is 13.2 Å². The number of furan rings is 1. The van der Waals surface area contributed by atoms with Gasteiger partial charge in [0.2, 0.25) is 0 Å². The molecule has 2 aromatic rings. The number of benzene rings is 1. The molecule has 1 heterocycles. The van der Waals surface area contributed by atoms with Gasteiger partial charge in [-0.3, -0.25) is 0 Å². The molecule has 0 spiro atoms. The molecule has 1 aromatic carbocycles. The molecule has 0 saturated heterocycles. The molecule has 0 radical (unpaired) electrons. The van der Waals surface area contributed by atoms with Gasteiger partial charge in [0, 0.05) is 4.47 Å². The van der Waals surface area contributed by atoms with Crippen molar-refractivity contribution in [2.24, 2.45) is 0 Å². The van der Waals surface area contributed by atoms with Crippen LogP contribution in [0.15, 0.2) is 42.1 Å². The summed E-state index contributed by atoms with van der Waals surface area (Å²) in [6, 6.07) is 7.82. The van der Waals surface area contributed by atoms with E-state index in [-0.39, 0.29) is 0 Å². The second kappa shape index (κ2) is 8.36. The Balaban J connectivity index is 1.94. The lowest BCUT2D eigenvalue weighted by Crippen LogP contribution is -2.13. The van der Waals surface area contributed by atoms with Crippen LogP contribution in [0.3, 0.4) is 0 Å². The van der Waals surface area contributed by atoms with Crippen LogP contribution in [0.1, 0.15) is 24.9 Å². The Bertz CT molecular complexity index is 575. The third kappa shape index (κ3) is 5.13. The van der Waals surface area contributed by atoms with E-state index in [2.05, 4.69) is 60.0 Å². The number of rotatable bonds is 7. The maximum atomic E-state index is 5.82. The van der Waals surface area contributed by atoms with Crippen molar-refractivity contribution in [2.45, 2.75) is 26.5 Å². The Hall–Kier alpha value is -0.300. The number of hydrogen-bond acceptors (Lipinski definition) is 3. The highest BCUT2D eigenvalue weighted by Gasteiger charge is 2.10. The first-order chi connectivity index (χ1) is 10.1. The van der Waals surface area contributed by atoms with E-state index in [1.54, 1.807) is 0 Å². The molecule has 0 saturated carbocycles. The molecule has 0 atom stereocenters. The van der Waals surface area contributed by atoms with E-state index in [9.17, 15) is 0 Å². The van der Waals surface area contributed by atoms with Crippen molar-refractivity contribution in [3.8, 4) is 5.75 Å². The second-order valence-electron chi connectivity index (χ2n) is 4.53. The van der Waals surface area contributed by atoms with Crippen LogP contribution in [0.2, 0.25) is 0 Å². The predicted molar refractivity (Wildman–Crippen MR) is 94.6 cm³/mol. The van der Waals surface area contributed by atoms with E-state index in [4.69, 9.17) is 9.15 Å². The van der Waals surface area contributed by atoms with Crippen LogP contribution >= 0.6 is 47.8 Å². The molecule has 0 amide bonds. The van der Waals surface area contributed by atoms with Gasteiger partial charge in [-0.25, -0.2) is 0 Å². The van der Waals surface area contributed by atoms with Crippen molar-refractivity contribution in [3.05, 3.63) is 49.2 Å². The quantitative estimate of drug-likeness (QED) is 0.519. The molecular formula is C15H16Br3NO2. The number of hydrogen-bond donors (Lipinski definition) is 1. The molecule has 0 bridgehead atoms. The highest BCUT2D eigenvalue weighted by atomic mass is 79.9. The van der Waals surface area contributed by atoms with Gasteiger partial charge in [0.1, 0.15) is 23.9 Å². The van der Waals surface area contributed by atoms with E-state index in [0.29, 0.717) is 6.61 Å². The Kier molecular flexibility index (Phi) is 6.79. The first-order valence-electron chi connectivity index (χ1n) is 6.65. The van der Waals surface area contributed by atoms with E-state index >= 15 is 0 Å². The summed E-state index contributed by atoms with van der Waals surface area (Å²) >= 11 is 10.4.